The Balaban J connectivity index is 2.60. The van der Waals surface area contributed by atoms with Crippen molar-refractivity contribution in [3.05, 3.63) is 12.7 Å². The Morgan fingerprint density at radius 3 is 2.19 bits per heavy atom. The molecule has 1 aliphatic rings. The van der Waals surface area contributed by atoms with E-state index < -0.39 is 0 Å². The summed E-state index contributed by atoms with van der Waals surface area (Å²) in [5.74, 6) is 0.812. The van der Waals surface area contributed by atoms with Crippen LogP contribution < -0.4 is 5.32 Å². The van der Waals surface area contributed by atoms with Gasteiger partial charge in [0, 0.05) is 6.04 Å². The zero-order chi connectivity index (χ0) is 12.4. The average molecular weight is 223 g/mol. The van der Waals surface area contributed by atoms with Crippen molar-refractivity contribution >= 4 is 0 Å². The summed E-state index contributed by atoms with van der Waals surface area (Å²) in [6.07, 6.45) is 5.63. The highest BCUT2D eigenvalue weighted by molar-refractivity contribution is 5.16. The Morgan fingerprint density at radius 1 is 1.25 bits per heavy atom. The third kappa shape index (κ3) is 2.34. The number of hydrogen-bond donors (Lipinski definition) is 1. The molecule has 0 amide bonds. The molecule has 1 saturated carbocycles. The molecule has 94 valence electrons. The second kappa shape index (κ2) is 4.91. The van der Waals surface area contributed by atoms with Crippen LogP contribution in [0.15, 0.2) is 12.7 Å². The number of rotatable bonds is 7. The minimum absolute atomic E-state index is 0.486. The molecular weight excluding hydrogens is 194 g/mol. The van der Waals surface area contributed by atoms with Crippen LogP contribution in [0.2, 0.25) is 0 Å². The smallest absolute Gasteiger partial charge is 0.0109 e. The summed E-state index contributed by atoms with van der Waals surface area (Å²) in [6.45, 7) is 16.9. The van der Waals surface area contributed by atoms with Gasteiger partial charge in [0.15, 0.2) is 0 Å². The summed E-state index contributed by atoms with van der Waals surface area (Å²) in [6, 6.07) is 0.669. The average Bonchev–Trinajstić information content (AvgIpc) is 2.60. The molecule has 16 heavy (non-hydrogen) atoms. The van der Waals surface area contributed by atoms with Crippen LogP contribution >= 0.6 is 0 Å². The maximum atomic E-state index is 3.84. The van der Waals surface area contributed by atoms with Gasteiger partial charge in [-0.2, -0.15) is 0 Å². The van der Waals surface area contributed by atoms with Gasteiger partial charge in [-0.05, 0) is 42.6 Å². The number of nitrogens with one attached hydrogen (secondary N) is 1. The molecule has 0 aliphatic heterocycles. The molecule has 0 saturated heterocycles. The summed E-state index contributed by atoms with van der Waals surface area (Å²) in [5.41, 5.74) is 0.971. The highest BCUT2D eigenvalue weighted by Crippen LogP contribution is 2.70. The number of allylic oxidation sites excluding steroid dienone is 1. The molecule has 0 spiro atoms. The van der Waals surface area contributed by atoms with Gasteiger partial charge in [0.25, 0.3) is 0 Å². The van der Waals surface area contributed by atoms with Crippen molar-refractivity contribution < 1.29 is 0 Å². The van der Waals surface area contributed by atoms with Gasteiger partial charge in [-0.3, -0.25) is 0 Å². The molecular formula is C15H29N. The Labute approximate surface area is 102 Å². The molecule has 1 fully saturated rings. The Morgan fingerprint density at radius 2 is 1.81 bits per heavy atom. The van der Waals surface area contributed by atoms with E-state index in [9.17, 15) is 0 Å². The monoisotopic (exact) mass is 223 g/mol. The zero-order valence-electron chi connectivity index (χ0n) is 11.8. The fourth-order valence-electron chi connectivity index (χ4n) is 3.27. The predicted molar refractivity (Wildman–Crippen MR) is 72.6 cm³/mol. The highest BCUT2D eigenvalue weighted by Gasteiger charge is 2.66. The Hall–Kier alpha value is -0.300. The molecule has 0 heterocycles. The molecule has 0 aromatic carbocycles. The van der Waals surface area contributed by atoms with E-state index in [1.165, 1.54) is 12.8 Å². The lowest BCUT2D eigenvalue weighted by atomic mass is 9.99. The second-order valence-corrected chi connectivity index (χ2v) is 6.35. The molecule has 1 nitrogen and oxygen atoms in total. The summed E-state index contributed by atoms with van der Waals surface area (Å²) in [7, 11) is 0. The maximum Gasteiger partial charge on any atom is 0.0109 e. The summed E-state index contributed by atoms with van der Waals surface area (Å²) >= 11 is 0. The van der Waals surface area contributed by atoms with E-state index in [-0.39, 0.29) is 0 Å². The summed E-state index contributed by atoms with van der Waals surface area (Å²) in [5, 5.41) is 3.73. The Bertz CT molecular complexity index is 226. The largest absolute Gasteiger partial charge is 0.314 e. The minimum Gasteiger partial charge on any atom is -0.314 e. The molecule has 0 radical (unpaired) electrons. The molecule has 1 unspecified atom stereocenters. The lowest BCUT2D eigenvalue weighted by Crippen LogP contribution is -2.33. The van der Waals surface area contributed by atoms with Crippen molar-refractivity contribution in [2.24, 2.45) is 16.7 Å². The lowest BCUT2D eigenvalue weighted by Gasteiger charge is -2.20. The SMILES string of the molecule is C=CCCC(NCCC)C1C(C)(C)C1(C)C. The van der Waals surface area contributed by atoms with Gasteiger partial charge in [-0.25, -0.2) is 0 Å². The molecule has 0 bridgehead atoms. The first kappa shape index (κ1) is 13.8. The second-order valence-electron chi connectivity index (χ2n) is 6.35. The van der Waals surface area contributed by atoms with Gasteiger partial charge in [0.1, 0.15) is 0 Å². The van der Waals surface area contributed by atoms with Gasteiger partial charge in [-0.15, -0.1) is 6.58 Å². The topological polar surface area (TPSA) is 12.0 Å². The van der Waals surface area contributed by atoms with Gasteiger partial charge >= 0.3 is 0 Å². The quantitative estimate of drug-likeness (QED) is 0.643. The maximum absolute atomic E-state index is 3.84. The first-order chi connectivity index (χ1) is 7.39. The van der Waals surface area contributed by atoms with E-state index in [0.29, 0.717) is 16.9 Å². The van der Waals surface area contributed by atoms with Gasteiger partial charge in [0.2, 0.25) is 0 Å². The van der Waals surface area contributed by atoms with Gasteiger partial charge in [-0.1, -0.05) is 40.7 Å². The van der Waals surface area contributed by atoms with Crippen molar-refractivity contribution in [2.75, 3.05) is 6.54 Å². The summed E-state index contributed by atoms with van der Waals surface area (Å²) in [4.78, 5) is 0. The van der Waals surface area contributed by atoms with Crippen LogP contribution in [0.25, 0.3) is 0 Å². The van der Waals surface area contributed by atoms with Gasteiger partial charge < -0.3 is 5.32 Å². The molecule has 1 aliphatic carbocycles. The normalized spacial score (nSPS) is 24.1. The van der Waals surface area contributed by atoms with Crippen LogP contribution in [0, 0.1) is 16.7 Å². The Kier molecular flexibility index (Phi) is 4.23. The van der Waals surface area contributed by atoms with E-state index in [4.69, 9.17) is 0 Å². The van der Waals surface area contributed by atoms with Crippen molar-refractivity contribution in [1.29, 1.82) is 0 Å². The molecule has 1 rings (SSSR count). The van der Waals surface area contributed by atoms with Crippen LogP contribution in [-0.2, 0) is 0 Å². The molecule has 0 aromatic heterocycles. The van der Waals surface area contributed by atoms with E-state index in [0.717, 1.165) is 18.9 Å². The van der Waals surface area contributed by atoms with Crippen molar-refractivity contribution in [3.8, 4) is 0 Å². The first-order valence-corrected chi connectivity index (χ1v) is 6.73. The molecule has 1 atom stereocenters. The molecule has 1 N–H and O–H groups in total. The van der Waals surface area contributed by atoms with E-state index in [1.807, 2.05) is 6.08 Å². The van der Waals surface area contributed by atoms with Gasteiger partial charge in [0.05, 0.1) is 0 Å². The van der Waals surface area contributed by atoms with Crippen molar-refractivity contribution in [2.45, 2.75) is 59.9 Å². The predicted octanol–water partition coefficient (Wildman–Crippen LogP) is 4.00. The minimum atomic E-state index is 0.486. The van der Waals surface area contributed by atoms with Crippen LogP contribution in [0.5, 0.6) is 0 Å². The van der Waals surface area contributed by atoms with E-state index in [2.05, 4.69) is 46.5 Å². The fourth-order valence-corrected chi connectivity index (χ4v) is 3.27. The van der Waals surface area contributed by atoms with Crippen molar-refractivity contribution in [1.82, 2.24) is 5.32 Å². The first-order valence-electron chi connectivity index (χ1n) is 6.73. The summed E-state index contributed by atoms with van der Waals surface area (Å²) < 4.78 is 0. The van der Waals surface area contributed by atoms with Crippen LogP contribution in [0.3, 0.4) is 0 Å². The molecule has 1 heteroatoms. The lowest BCUT2D eigenvalue weighted by molar-refractivity contribution is 0.379. The van der Waals surface area contributed by atoms with Crippen molar-refractivity contribution in [3.63, 3.8) is 0 Å². The fraction of sp³-hybridized carbons (Fsp3) is 0.867. The third-order valence-electron chi connectivity index (χ3n) is 4.87. The van der Waals surface area contributed by atoms with E-state index in [1.54, 1.807) is 0 Å². The van der Waals surface area contributed by atoms with Crippen LogP contribution in [0.4, 0.5) is 0 Å². The highest BCUT2D eigenvalue weighted by atomic mass is 15.0. The zero-order valence-corrected chi connectivity index (χ0v) is 11.8. The third-order valence-corrected chi connectivity index (χ3v) is 4.87. The van der Waals surface area contributed by atoms with Crippen LogP contribution in [0.1, 0.15) is 53.9 Å². The van der Waals surface area contributed by atoms with Crippen LogP contribution in [-0.4, -0.2) is 12.6 Å². The number of hydrogen-bond acceptors (Lipinski definition) is 1. The molecule has 0 aromatic rings. The standard InChI is InChI=1S/C15H29N/c1-7-9-10-12(16-11-8-2)13-14(3,4)15(13,5)6/h7,12-13,16H,1,8-11H2,2-6H3. The van der Waals surface area contributed by atoms with E-state index >= 15 is 0 Å².